The van der Waals surface area contributed by atoms with Gasteiger partial charge < -0.3 is 15.4 Å². The van der Waals surface area contributed by atoms with Crippen LogP contribution in [0.25, 0.3) is 0 Å². The summed E-state index contributed by atoms with van der Waals surface area (Å²) in [7, 11) is 0. The lowest BCUT2D eigenvalue weighted by molar-refractivity contribution is -0.116. The fraction of sp³-hybridized carbons (Fsp3) is 0.400. The molecule has 0 bridgehead atoms. The van der Waals surface area contributed by atoms with Crippen molar-refractivity contribution in [3.8, 4) is 0 Å². The van der Waals surface area contributed by atoms with Gasteiger partial charge in [0.1, 0.15) is 12.3 Å². The van der Waals surface area contributed by atoms with Gasteiger partial charge in [-0.25, -0.2) is 14.2 Å². The molecule has 0 fully saturated rings. The molecule has 1 aliphatic heterocycles. The number of rotatable bonds is 9. The molecule has 0 aliphatic carbocycles. The number of anilines is 2. The predicted octanol–water partition coefficient (Wildman–Crippen LogP) is 6.29. The van der Waals surface area contributed by atoms with Crippen LogP contribution >= 0.6 is 22.9 Å². The minimum Gasteiger partial charge on any atom is -0.456 e. The molecule has 11 heteroatoms. The molecule has 2 N–H and O–H groups in total. The Bertz CT molecular complexity index is 1420. The van der Waals surface area contributed by atoms with E-state index >= 15 is 0 Å². The largest absolute Gasteiger partial charge is 0.456 e. The van der Waals surface area contributed by atoms with E-state index in [9.17, 15) is 18.8 Å². The molecule has 2 aromatic carbocycles. The van der Waals surface area contributed by atoms with E-state index in [1.807, 2.05) is 11.8 Å². The zero-order valence-electron chi connectivity index (χ0n) is 23.6. The maximum absolute atomic E-state index is 13.3. The third kappa shape index (κ3) is 8.34. The number of alkyl halides is 1. The Hall–Kier alpha value is -3.34. The van der Waals surface area contributed by atoms with Crippen LogP contribution in [0.15, 0.2) is 42.5 Å². The molecule has 0 spiro atoms. The van der Waals surface area contributed by atoms with Crippen LogP contribution in [0.2, 0.25) is 5.02 Å². The summed E-state index contributed by atoms with van der Waals surface area (Å²) in [6, 6.07) is 11.5. The van der Waals surface area contributed by atoms with Crippen molar-refractivity contribution < 1.29 is 23.5 Å². The second-order valence-corrected chi connectivity index (χ2v) is 12.5. The molecule has 3 aromatic rings. The average Bonchev–Trinajstić information content (AvgIpc) is 3.36. The van der Waals surface area contributed by atoms with Crippen molar-refractivity contribution in [3.05, 3.63) is 74.2 Å². The molecule has 1 unspecified atom stereocenters. The lowest BCUT2D eigenvalue weighted by Gasteiger charge is -2.29. The third-order valence-corrected chi connectivity index (χ3v) is 7.88. The minimum absolute atomic E-state index is 0.144. The van der Waals surface area contributed by atoms with Gasteiger partial charge in [0.25, 0.3) is 5.91 Å². The summed E-state index contributed by atoms with van der Waals surface area (Å²) in [6.45, 7) is 7.98. The molecular weight excluding hydrogens is 567 g/mol. The van der Waals surface area contributed by atoms with Gasteiger partial charge in [-0.3, -0.25) is 14.5 Å². The lowest BCUT2D eigenvalue weighted by atomic mass is 10.0. The van der Waals surface area contributed by atoms with Crippen molar-refractivity contribution in [3.63, 3.8) is 0 Å². The number of aromatic nitrogens is 1. The van der Waals surface area contributed by atoms with Gasteiger partial charge in [0.05, 0.1) is 11.3 Å². The molecule has 0 radical (unpaired) electrons. The SMILES string of the molecule is CC(CF)N1CCc2nc(C(=O)Nc3cc(C(=O)OC(C)(C)C)ccc3CCC(=O)Nc3ccc(Cl)cc3)sc2C1. The first-order chi connectivity index (χ1) is 19.4. The van der Waals surface area contributed by atoms with Crippen LogP contribution in [0.4, 0.5) is 15.8 Å². The molecule has 2 amide bonds. The molecule has 41 heavy (non-hydrogen) atoms. The van der Waals surface area contributed by atoms with Gasteiger partial charge in [0.2, 0.25) is 5.91 Å². The monoisotopic (exact) mass is 600 g/mol. The summed E-state index contributed by atoms with van der Waals surface area (Å²) in [5.74, 6) is -1.14. The number of nitrogens with one attached hydrogen (secondary N) is 2. The standard InChI is InChI=1S/C30H34ClFN4O4S/c1-18(16-32)36-14-13-23-25(17-36)41-28(35-23)27(38)34-24-15-20(29(39)40-30(2,3)4)6-5-19(24)7-12-26(37)33-22-10-8-21(31)9-11-22/h5-6,8-11,15,18H,7,12-14,16-17H2,1-4H3,(H,33,37)(H,34,38). The maximum atomic E-state index is 13.3. The van der Waals surface area contributed by atoms with Gasteiger partial charge in [-0.15, -0.1) is 11.3 Å². The summed E-state index contributed by atoms with van der Waals surface area (Å²) < 4.78 is 18.7. The molecule has 1 atom stereocenters. The fourth-order valence-corrected chi connectivity index (χ4v) is 5.50. The highest BCUT2D eigenvalue weighted by Crippen LogP contribution is 2.28. The maximum Gasteiger partial charge on any atom is 0.338 e. The highest BCUT2D eigenvalue weighted by molar-refractivity contribution is 7.13. The number of amides is 2. The lowest BCUT2D eigenvalue weighted by Crippen LogP contribution is -2.38. The van der Waals surface area contributed by atoms with Crippen molar-refractivity contribution in [2.24, 2.45) is 0 Å². The first-order valence-corrected chi connectivity index (χ1v) is 14.6. The molecule has 8 nitrogen and oxygen atoms in total. The summed E-state index contributed by atoms with van der Waals surface area (Å²) in [6.07, 6.45) is 1.10. The molecule has 2 heterocycles. The first kappa shape index (κ1) is 30.6. The van der Waals surface area contributed by atoms with E-state index < -0.39 is 24.2 Å². The Morgan fingerprint density at radius 3 is 2.56 bits per heavy atom. The second-order valence-electron chi connectivity index (χ2n) is 11.0. The zero-order chi connectivity index (χ0) is 29.7. The van der Waals surface area contributed by atoms with Crippen molar-refractivity contribution in [1.82, 2.24) is 9.88 Å². The smallest absolute Gasteiger partial charge is 0.338 e. The predicted molar refractivity (Wildman–Crippen MR) is 160 cm³/mol. The van der Waals surface area contributed by atoms with E-state index in [1.54, 1.807) is 63.2 Å². The summed E-state index contributed by atoms with van der Waals surface area (Å²) in [5.41, 5.74) is 2.15. The molecule has 1 aromatic heterocycles. The van der Waals surface area contributed by atoms with E-state index in [1.165, 1.54) is 11.3 Å². The van der Waals surface area contributed by atoms with Crippen LogP contribution in [0, 0.1) is 0 Å². The third-order valence-electron chi connectivity index (χ3n) is 6.54. The quantitative estimate of drug-likeness (QED) is 0.280. The number of hydrogen-bond donors (Lipinski definition) is 2. The van der Waals surface area contributed by atoms with E-state index in [2.05, 4.69) is 15.6 Å². The number of hydrogen-bond acceptors (Lipinski definition) is 7. The van der Waals surface area contributed by atoms with Gasteiger partial charge in [-0.1, -0.05) is 17.7 Å². The van der Waals surface area contributed by atoms with Crippen molar-refractivity contribution in [2.45, 2.75) is 65.1 Å². The molecule has 1 aliphatic rings. The number of carbonyl (C=O) groups excluding carboxylic acids is 3. The number of aryl methyl sites for hydroxylation is 1. The van der Waals surface area contributed by atoms with Gasteiger partial charge in [0, 0.05) is 53.2 Å². The molecular formula is C30H34ClFN4O4S. The van der Waals surface area contributed by atoms with Crippen LogP contribution in [0.5, 0.6) is 0 Å². The van der Waals surface area contributed by atoms with Crippen molar-refractivity contribution in [2.75, 3.05) is 23.9 Å². The molecule has 4 rings (SSSR count). The molecule has 218 valence electrons. The van der Waals surface area contributed by atoms with Crippen molar-refractivity contribution >= 4 is 52.1 Å². The number of benzene rings is 2. The highest BCUT2D eigenvalue weighted by atomic mass is 35.5. The normalized spacial score (nSPS) is 14.2. The van der Waals surface area contributed by atoms with Gasteiger partial charge in [0.15, 0.2) is 5.01 Å². The number of thiazole rings is 1. The Labute approximate surface area is 248 Å². The van der Waals surface area contributed by atoms with Crippen molar-refractivity contribution in [1.29, 1.82) is 0 Å². The van der Waals surface area contributed by atoms with Crippen LogP contribution in [-0.4, -0.2) is 52.5 Å². The Morgan fingerprint density at radius 2 is 1.88 bits per heavy atom. The Kier molecular flexibility index (Phi) is 9.78. The Morgan fingerprint density at radius 1 is 1.15 bits per heavy atom. The number of carbonyl (C=O) groups is 3. The van der Waals surface area contributed by atoms with Crippen LogP contribution < -0.4 is 10.6 Å². The second kappa shape index (κ2) is 13.1. The minimum atomic E-state index is -0.688. The van der Waals surface area contributed by atoms with Crippen LogP contribution in [0.1, 0.15) is 70.4 Å². The molecule has 0 saturated carbocycles. The van der Waals surface area contributed by atoms with Gasteiger partial charge in [-0.05, 0) is 76.1 Å². The van der Waals surface area contributed by atoms with E-state index in [0.29, 0.717) is 52.9 Å². The summed E-state index contributed by atoms with van der Waals surface area (Å²) in [5, 5.41) is 6.59. The topological polar surface area (TPSA) is 101 Å². The number of nitrogens with zero attached hydrogens (tertiary/aromatic N) is 2. The van der Waals surface area contributed by atoms with Gasteiger partial charge in [-0.2, -0.15) is 0 Å². The fourth-order valence-electron chi connectivity index (χ4n) is 4.34. The Balaban J connectivity index is 1.52. The first-order valence-electron chi connectivity index (χ1n) is 13.4. The van der Waals surface area contributed by atoms with E-state index in [-0.39, 0.29) is 23.9 Å². The summed E-state index contributed by atoms with van der Waals surface area (Å²) in [4.78, 5) is 46.3. The average molecular weight is 601 g/mol. The number of ether oxygens (including phenoxy) is 1. The van der Waals surface area contributed by atoms with Crippen LogP contribution in [-0.2, 0) is 28.9 Å². The number of halogens is 2. The van der Waals surface area contributed by atoms with Gasteiger partial charge >= 0.3 is 5.97 Å². The number of fused-ring (bicyclic) bond motifs is 1. The zero-order valence-corrected chi connectivity index (χ0v) is 25.1. The number of esters is 1. The summed E-state index contributed by atoms with van der Waals surface area (Å²) >= 11 is 7.20. The highest BCUT2D eigenvalue weighted by Gasteiger charge is 2.26. The van der Waals surface area contributed by atoms with Crippen LogP contribution in [0.3, 0.4) is 0 Å². The molecule has 0 saturated heterocycles. The van der Waals surface area contributed by atoms with E-state index in [4.69, 9.17) is 16.3 Å². The van der Waals surface area contributed by atoms with E-state index in [0.717, 1.165) is 10.6 Å².